The van der Waals surface area contributed by atoms with Gasteiger partial charge in [-0.25, -0.2) is 14.5 Å². The SMILES string of the molecule is Cc1cnc2c(NC(=O)c3cn4cc(C56CCC(C)(C5)OC6)nc4cc3OC3CC3)cnn2c1. The second kappa shape index (κ2) is 6.79. The van der Waals surface area contributed by atoms with Crippen molar-refractivity contribution < 1.29 is 14.3 Å². The molecule has 2 unspecified atom stereocenters. The van der Waals surface area contributed by atoms with Gasteiger partial charge in [0.05, 0.1) is 35.8 Å². The number of carbonyl (C=O) groups excluding carboxylic acids is 1. The van der Waals surface area contributed by atoms with Crippen molar-refractivity contribution in [2.24, 2.45) is 0 Å². The first kappa shape index (κ1) is 20.0. The molecule has 1 amide bonds. The van der Waals surface area contributed by atoms with Crippen molar-refractivity contribution in [3.05, 3.63) is 53.9 Å². The van der Waals surface area contributed by atoms with E-state index in [4.69, 9.17) is 14.5 Å². The maximum atomic E-state index is 13.4. The lowest BCUT2D eigenvalue weighted by Gasteiger charge is -2.24. The second-order valence-electron chi connectivity index (χ2n) is 10.4. The Kier molecular flexibility index (Phi) is 3.98. The minimum Gasteiger partial charge on any atom is -0.489 e. The van der Waals surface area contributed by atoms with Crippen LogP contribution < -0.4 is 10.1 Å². The summed E-state index contributed by atoms with van der Waals surface area (Å²) in [5, 5.41) is 7.29. The Balaban J connectivity index is 1.26. The average Bonchev–Trinajstić information content (AvgIpc) is 3.13. The Morgan fingerprint density at radius 1 is 1.24 bits per heavy atom. The number of fused-ring (bicyclic) bond motifs is 4. The average molecular weight is 459 g/mol. The van der Waals surface area contributed by atoms with Crippen LogP contribution in [0, 0.1) is 6.92 Å². The standard InChI is InChI=1S/C25H26N6O3/c1-15-8-26-22-18(9-27-31(22)10-15)28-23(32)17-11-30-12-20(25-6-5-24(2,13-25)33-14-25)29-21(30)7-19(17)34-16-3-4-16/h7-12,16H,3-6,13-14H2,1-2H3,(H,28,32). The molecule has 5 heterocycles. The van der Waals surface area contributed by atoms with Gasteiger partial charge in [0.25, 0.3) is 5.91 Å². The number of nitrogens with one attached hydrogen (secondary N) is 1. The van der Waals surface area contributed by atoms with E-state index in [-0.39, 0.29) is 23.0 Å². The molecule has 9 nitrogen and oxygen atoms in total. The van der Waals surface area contributed by atoms with Crippen molar-refractivity contribution in [1.29, 1.82) is 0 Å². The van der Waals surface area contributed by atoms with Crippen LogP contribution in [0.25, 0.3) is 11.3 Å². The molecule has 7 rings (SSSR count). The molecule has 3 fully saturated rings. The van der Waals surface area contributed by atoms with E-state index in [9.17, 15) is 4.79 Å². The fourth-order valence-electron chi connectivity index (χ4n) is 5.40. The van der Waals surface area contributed by atoms with Crippen LogP contribution in [0.5, 0.6) is 5.75 Å². The number of ether oxygens (including phenoxy) is 2. The Morgan fingerprint density at radius 2 is 2.12 bits per heavy atom. The summed E-state index contributed by atoms with van der Waals surface area (Å²) >= 11 is 0. The van der Waals surface area contributed by atoms with Gasteiger partial charge in [0.15, 0.2) is 5.65 Å². The van der Waals surface area contributed by atoms with Gasteiger partial charge < -0.3 is 19.2 Å². The Bertz CT molecular complexity index is 1460. The first-order valence-electron chi connectivity index (χ1n) is 11.9. The number of hydrogen-bond donors (Lipinski definition) is 1. The zero-order chi connectivity index (χ0) is 23.1. The molecular weight excluding hydrogens is 432 g/mol. The van der Waals surface area contributed by atoms with E-state index in [0.717, 1.165) is 49.0 Å². The fourth-order valence-corrected chi connectivity index (χ4v) is 5.40. The Hall–Kier alpha value is -3.46. The van der Waals surface area contributed by atoms with Crippen LogP contribution in [0.15, 0.2) is 37.1 Å². The van der Waals surface area contributed by atoms with E-state index < -0.39 is 0 Å². The molecule has 0 radical (unpaired) electrons. The molecule has 4 aromatic rings. The van der Waals surface area contributed by atoms with Crippen LogP contribution in [0.1, 0.15) is 60.6 Å². The molecule has 2 saturated carbocycles. The summed E-state index contributed by atoms with van der Waals surface area (Å²) in [6.07, 6.45) is 14.4. The molecule has 2 atom stereocenters. The summed E-state index contributed by atoms with van der Waals surface area (Å²) in [4.78, 5) is 22.8. The molecule has 1 aliphatic heterocycles. The summed E-state index contributed by atoms with van der Waals surface area (Å²) in [6, 6.07) is 1.88. The number of aryl methyl sites for hydroxylation is 1. The van der Waals surface area contributed by atoms with Gasteiger partial charge in [0, 0.05) is 36.3 Å². The van der Waals surface area contributed by atoms with Gasteiger partial charge in [-0.05, 0) is 51.5 Å². The van der Waals surface area contributed by atoms with Crippen molar-refractivity contribution in [3.63, 3.8) is 0 Å². The summed E-state index contributed by atoms with van der Waals surface area (Å²) in [6.45, 7) is 4.84. The summed E-state index contributed by atoms with van der Waals surface area (Å²) in [5.41, 5.74) is 4.34. The zero-order valence-electron chi connectivity index (χ0n) is 19.2. The van der Waals surface area contributed by atoms with Crippen LogP contribution in [-0.4, -0.2) is 48.2 Å². The van der Waals surface area contributed by atoms with E-state index >= 15 is 0 Å². The zero-order valence-corrected chi connectivity index (χ0v) is 19.2. The number of carbonyl (C=O) groups is 1. The van der Waals surface area contributed by atoms with Crippen molar-refractivity contribution in [2.45, 2.75) is 63.1 Å². The predicted octanol–water partition coefficient (Wildman–Crippen LogP) is 3.69. The third kappa shape index (κ3) is 3.10. The Morgan fingerprint density at radius 3 is 2.85 bits per heavy atom. The number of nitrogens with zero attached hydrogens (tertiary/aromatic N) is 5. The molecule has 0 aromatic carbocycles. The third-order valence-electron chi connectivity index (χ3n) is 7.44. The summed E-state index contributed by atoms with van der Waals surface area (Å²) in [5.74, 6) is 0.294. The highest BCUT2D eigenvalue weighted by molar-refractivity contribution is 6.07. The van der Waals surface area contributed by atoms with Crippen LogP contribution >= 0.6 is 0 Å². The largest absolute Gasteiger partial charge is 0.489 e. The number of rotatable bonds is 5. The molecule has 174 valence electrons. The molecule has 2 aliphatic carbocycles. The summed E-state index contributed by atoms with van der Waals surface area (Å²) < 4.78 is 15.8. The lowest BCUT2D eigenvalue weighted by atomic mass is 9.84. The van der Waals surface area contributed by atoms with E-state index in [1.54, 1.807) is 16.9 Å². The maximum absolute atomic E-state index is 13.4. The minimum absolute atomic E-state index is 0.0397. The molecule has 2 bridgehead atoms. The first-order chi connectivity index (χ1) is 16.4. The predicted molar refractivity (Wildman–Crippen MR) is 124 cm³/mol. The maximum Gasteiger partial charge on any atom is 0.261 e. The van der Waals surface area contributed by atoms with Crippen LogP contribution in [0.4, 0.5) is 5.69 Å². The molecule has 0 spiro atoms. The molecule has 1 saturated heterocycles. The highest BCUT2D eigenvalue weighted by atomic mass is 16.5. The van der Waals surface area contributed by atoms with Crippen molar-refractivity contribution in [3.8, 4) is 5.75 Å². The van der Waals surface area contributed by atoms with Crippen LogP contribution in [0.3, 0.4) is 0 Å². The molecule has 1 N–H and O–H groups in total. The third-order valence-corrected chi connectivity index (χ3v) is 7.44. The fraction of sp³-hybridized carbons (Fsp3) is 0.440. The second-order valence-corrected chi connectivity index (χ2v) is 10.4. The normalized spacial score (nSPS) is 25.9. The first-order valence-corrected chi connectivity index (χ1v) is 11.9. The van der Waals surface area contributed by atoms with Crippen LogP contribution in [-0.2, 0) is 10.2 Å². The molecule has 4 aromatic heterocycles. The molecular formula is C25H26N6O3. The van der Waals surface area contributed by atoms with Crippen molar-refractivity contribution in [2.75, 3.05) is 11.9 Å². The number of anilines is 1. The molecule has 9 heteroatoms. The smallest absolute Gasteiger partial charge is 0.261 e. The Labute approximate surface area is 196 Å². The van der Waals surface area contributed by atoms with Gasteiger partial charge in [-0.15, -0.1) is 0 Å². The van der Waals surface area contributed by atoms with Gasteiger partial charge in [0.1, 0.15) is 17.1 Å². The number of imidazole rings is 1. The monoisotopic (exact) mass is 458 g/mol. The lowest BCUT2D eigenvalue weighted by Crippen LogP contribution is -2.26. The van der Waals surface area contributed by atoms with Crippen molar-refractivity contribution >= 4 is 22.9 Å². The number of amides is 1. The van der Waals surface area contributed by atoms with Crippen molar-refractivity contribution in [1.82, 2.24) is 24.0 Å². The highest BCUT2D eigenvalue weighted by Gasteiger charge is 2.55. The van der Waals surface area contributed by atoms with Gasteiger partial charge in [-0.2, -0.15) is 5.10 Å². The molecule has 3 aliphatic rings. The van der Waals surface area contributed by atoms with Crippen LogP contribution in [0.2, 0.25) is 0 Å². The highest BCUT2D eigenvalue weighted by Crippen LogP contribution is 2.53. The number of hydrogen-bond acceptors (Lipinski definition) is 6. The van der Waals surface area contributed by atoms with E-state index in [1.807, 2.05) is 36.0 Å². The molecule has 34 heavy (non-hydrogen) atoms. The topological polar surface area (TPSA) is 95.1 Å². The quantitative estimate of drug-likeness (QED) is 0.490. The van der Waals surface area contributed by atoms with E-state index in [0.29, 0.717) is 29.3 Å². The van der Waals surface area contributed by atoms with E-state index in [2.05, 4.69) is 22.3 Å². The van der Waals surface area contributed by atoms with Gasteiger partial charge >= 0.3 is 0 Å². The number of pyridine rings is 1. The van der Waals surface area contributed by atoms with Gasteiger partial charge in [-0.3, -0.25) is 4.79 Å². The van der Waals surface area contributed by atoms with E-state index in [1.165, 1.54) is 0 Å². The minimum atomic E-state index is -0.263. The number of aromatic nitrogens is 5. The van der Waals surface area contributed by atoms with Gasteiger partial charge in [0.2, 0.25) is 0 Å². The van der Waals surface area contributed by atoms with Gasteiger partial charge in [-0.1, -0.05) is 0 Å². The lowest BCUT2D eigenvalue weighted by molar-refractivity contribution is -0.00627. The summed E-state index contributed by atoms with van der Waals surface area (Å²) in [7, 11) is 0.